The molecule has 0 aliphatic rings. The van der Waals surface area contributed by atoms with Gasteiger partial charge in [0.15, 0.2) is 0 Å². The molecule has 0 rings (SSSR count). The highest BCUT2D eigenvalue weighted by Gasteiger charge is 1.94. The lowest BCUT2D eigenvalue weighted by Gasteiger charge is -2.02. The molecule has 5 nitrogen and oxygen atoms in total. The highest BCUT2D eigenvalue weighted by Crippen LogP contribution is 1.75. The molecule has 0 heterocycles. The molecule has 0 aliphatic heterocycles. The van der Waals surface area contributed by atoms with Crippen LogP contribution in [-0.2, 0) is 4.79 Å². The van der Waals surface area contributed by atoms with Crippen LogP contribution in [0.5, 0.6) is 0 Å². The van der Waals surface area contributed by atoms with E-state index in [4.69, 9.17) is 15.3 Å². The molecule has 84 valence electrons. The Morgan fingerprint density at radius 2 is 1.86 bits per heavy atom. The maximum Gasteiger partial charge on any atom is 0.243 e. The number of carbonyl (C=O) groups excluding carboxylic acids is 1. The lowest BCUT2D eigenvalue weighted by Crippen LogP contribution is -2.27. The monoisotopic (exact) mass is 205 g/mol. The Morgan fingerprint density at radius 3 is 1.93 bits per heavy atom. The van der Waals surface area contributed by atoms with E-state index < -0.39 is 6.10 Å². The SMILES string of the molecule is C=CC(=O)NC(C)C.OCC(O)CO. The Hall–Kier alpha value is -0.910. The number of hydrogen-bond acceptors (Lipinski definition) is 4. The largest absolute Gasteiger partial charge is 0.394 e. The van der Waals surface area contributed by atoms with E-state index in [0.717, 1.165) is 0 Å². The lowest BCUT2D eigenvalue weighted by atomic mass is 10.4. The molecule has 0 saturated heterocycles. The Labute approximate surface area is 84.1 Å². The molecule has 0 aromatic heterocycles. The standard InChI is InChI=1S/C6H11NO.C3H8O3/c1-4-6(8)7-5(2)3;4-1-3(6)2-5/h4-5H,1H2,2-3H3,(H,7,8);3-6H,1-2H2. The quantitative estimate of drug-likeness (QED) is 0.444. The first-order chi connectivity index (χ1) is 6.47. The molecule has 0 spiro atoms. The van der Waals surface area contributed by atoms with Gasteiger partial charge in [0.25, 0.3) is 0 Å². The molecule has 4 N–H and O–H groups in total. The highest BCUT2D eigenvalue weighted by molar-refractivity contribution is 5.86. The van der Waals surface area contributed by atoms with Crippen LogP contribution in [0.15, 0.2) is 12.7 Å². The topological polar surface area (TPSA) is 89.8 Å². The van der Waals surface area contributed by atoms with Crippen molar-refractivity contribution >= 4 is 5.91 Å². The summed E-state index contributed by atoms with van der Waals surface area (Å²) in [4.78, 5) is 10.4. The lowest BCUT2D eigenvalue weighted by molar-refractivity contribution is -0.116. The van der Waals surface area contributed by atoms with Gasteiger partial charge in [-0.2, -0.15) is 0 Å². The zero-order chi connectivity index (χ0) is 11.6. The normalized spacial score (nSPS) is 9.36. The van der Waals surface area contributed by atoms with Gasteiger partial charge < -0.3 is 20.6 Å². The van der Waals surface area contributed by atoms with Crippen LogP contribution in [0.4, 0.5) is 0 Å². The summed E-state index contributed by atoms with van der Waals surface area (Å²) in [5.74, 6) is -0.111. The average Bonchev–Trinajstić information content (AvgIpc) is 2.16. The van der Waals surface area contributed by atoms with Crippen molar-refractivity contribution in [1.82, 2.24) is 5.32 Å². The van der Waals surface area contributed by atoms with Crippen molar-refractivity contribution in [2.45, 2.75) is 26.0 Å². The molecular formula is C9H19NO4. The molecule has 0 atom stereocenters. The van der Waals surface area contributed by atoms with Gasteiger partial charge in [0, 0.05) is 6.04 Å². The van der Waals surface area contributed by atoms with Gasteiger partial charge in [-0.15, -0.1) is 0 Å². The van der Waals surface area contributed by atoms with Crippen LogP contribution in [0.3, 0.4) is 0 Å². The number of aliphatic hydroxyl groups is 3. The molecule has 0 aliphatic carbocycles. The van der Waals surface area contributed by atoms with Crippen molar-refractivity contribution < 1.29 is 20.1 Å². The van der Waals surface area contributed by atoms with E-state index in [0.29, 0.717) is 0 Å². The second-order valence-corrected chi connectivity index (χ2v) is 2.89. The molecular weight excluding hydrogens is 186 g/mol. The molecule has 5 heteroatoms. The van der Waals surface area contributed by atoms with Gasteiger partial charge in [0.1, 0.15) is 6.10 Å². The minimum Gasteiger partial charge on any atom is -0.394 e. The van der Waals surface area contributed by atoms with Gasteiger partial charge in [-0.05, 0) is 19.9 Å². The Kier molecular flexibility index (Phi) is 11.3. The average molecular weight is 205 g/mol. The second kappa shape index (κ2) is 10.2. The zero-order valence-corrected chi connectivity index (χ0v) is 8.60. The van der Waals surface area contributed by atoms with Gasteiger partial charge in [-0.1, -0.05) is 6.58 Å². The summed E-state index contributed by atoms with van der Waals surface area (Å²) in [5, 5.41) is 26.7. The van der Waals surface area contributed by atoms with E-state index in [1.807, 2.05) is 13.8 Å². The first kappa shape index (κ1) is 15.6. The molecule has 0 bridgehead atoms. The highest BCUT2D eigenvalue weighted by atomic mass is 16.3. The van der Waals surface area contributed by atoms with Crippen molar-refractivity contribution in [3.63, 3.8) is 0 Å². The fourth-order valence-corrected chi connectivity index (χ4v) is 0.401. The van der Waals surface area contributed by atoms with Crippen molar-refractivity contribution in [3.8, 4) is 0 Å². The van der Waals surface area contributed by atoms with E-state index in [1.54, 1.807) is 0 Å². The zero-order valence-electron chi connectivity index (χ0n) is 8.60. The van der Waals surface area contributed by atoms with Gasteiger partial charge in [0.05, 0.1) is 13.2 Å². The molecule has 0 aromatic rings. The van der Waals surface area contributed by atoms with Crippen LogP contribution in [0.1, 0.15) is 13.8 Å². The predicted molar refractivity (Wildman–Crippen MR) is 53.7 cm³/mol. The van der Waals surface area contributed by atoms with Gasteiger partial charge in [-0.3, -0.25) is 4.79 Å². The summed E-state index contributed by atoms with van der Waals surface area (Å²) in [6.07, 6.45) is 0.310. The van der Waals surface area contributed by atoms with Crippen molar-refractivity contribution in [2.75, 3.05) is 13.2 Å². The van der Waals surface area contributed by atoms with Crippen LogP contribution in [0.2, 0.25) is 0 Å². The van der Waals surface area contributed by atoms with Crippen LogP contribution < -0.4 is 5.32 Å². The number of nitrogens with one attached hydrogen (secondary N) is 1. The molecule has 14 heavy (non-hydrogen) atoms. The summed E-state index contributed by atoms with van der Waals surface area (Å²) in [6.45, 7) is 6.38. The van der Waals surface area contributed by atoms with Crippen LogP contribution >= 0.6 is 0 Å². The molecule has 0 aromatic carbocycles. The van der Waals surface area contributed by atoms with Crippen molar-refractivity contribution in [2.24, 2.45) is 0 Å². The maximum absolute atomic E-state index is 10.4. The Bertz CT molecular complexity index is 155. The van der Waals surface area contributed by atoms with Gasteiger partial charge in [-0.25, -0.2) is 0 Å². The third kappa shape index (κ3) is 13.7. The fourth-order valence-electron chi connectivity index (χ4n) is 0.401. The first-order valence-corrected chi connectivity index (χ1v) is 4.30. The smallest absolute Gasteiger partial charge is 0.243 e. The van der Waals surface area contributed by atoms with E-state index >= 15 is 0 Å². The van der Waals surface area contributed by atoms with Crippen LogP contribution in [0, 0.1) is 0 Å². The first-order valence-electron chi connectivity index (χ1n) is 4.30. The summed E-state index contributed by atoms with van der Waals surface area (Å²) in [5.41, 5.74) is 0. The van der Waals surface area contributed by atoms with Crippen LogP contribution in [0.25, 0.3) is 0 Å². The number of rotatable bonds is 4. The third-order valence-electron chi connectivity index (χ3n) is 1.04. The second-order valence-electron chi connectivity index (χ2n) is 2.89. The summed E-state index contributed by atoms with van der Waals surface area (Å²) >= 11 is 0. The fraction of sp³-hybridized carbons (Fsp3) is 0.667. The molecule has 0 radical (unpaired) electrons. The van der Waals surface area contributed by atoms with E-state index in [9.17, 15) is 4.79 Å². The van der Waals surface area contributed by atoms with E-state index in [1.165, 1.54) is 6.08 Å². The van der Waals surface area contributed by atoms with Crippen LogP contribution in [-0.4, -0.2) is 46.6 Å². The van der Waals surface area contributed by atoms with Gasteiger partial charge >= 0.3 is 0 Å². The summed E-state index contributed by atoms with van der Waals surface area (Å²) in [6, 6.07) is 0.209. The van der Waals surface area contributed by atoms with Crippen molar-refractivity contribution in [3.05, 3.63) is 12.7 Å². The van der Waals surface area contributed by atoms with Gasteiger partial charge in [0.2, 0.25) is 5.91 Å². The number of aliphatic hydroxyl groups excluding tert-OH is 3. The Morgan fingerprint density at radius 1 is 1.43 bits per heavy atom. The maximum atomic E-state index is 10.4. The molecule has 0 fully saturated rings. The van der Waals surface area contributed by atoms with Crippen molar-refractivity contribution in [1.29, 1.82) is 0 Å². The third-order valence-corrected chi connectivity index (χ3v) is 1.04. The van der Waals surface area contributed by atoms with E-state index in [2.05, 4.69) is 11.9 Å². The number of hydrogen-bond donors (Lipinski definition) is 4. The minimum absolute atomic E-state index is 0.111. The summed E-state index contributed by atoms with van der Waals surface area (Å²) < 4.78 is 0. The van der Waals surface area contributed by atoms with E-state index in [-0.39, 0.29) is 25.2 Å². The molecule has 0 unspecified atom stereocenters. The predicted octanol–water partition coefficient (Wildman–Crippen LogP) is -0.971. The minimum atomic E-state index is -0.954. The number of amides is 1. The molecule has 1 amide bonds. The Balaban J connectivity index is 0. The molecule has 0 saturated carbocycles. The summed E-state index contributed by atoms with van der Waals surface area (Å²) in [7, 11) is 0. The number of carbonyl (C=O) groups is 1.